The molecule has 1 heterocycles. The van der Waals surface area contributed by atoms with E-state index >= 15 is 0 Å². The number of Topliss-reactive ketones (excluding diaryl/α,β-unsaturated/α-hetero) is 1. The summed E-state index contributed by atoms with van der Waals surface area (Å²) in [5.74, 6) is -0.819. The highest BCUT2D eigenvalue weighted by molar-refractivity contribution is 6.00. The molecule has 0 saturated heterocycles. The Bertz CT molecular complexity index is 931. The van der Waals surface area contributed by atoms with Crippen LogP contribution in [0.3, 0.4) is 0 Å². The smallest absolute Gasteiger partial charge is 0.357 e. The number of benzene rings is 2. The van der Waals surface area contributed by atoms with Gasteiger partial charge in [0.25, 0.3) is 0 Å². The summed E-state index contributed by atoms with van der Waals surface area (Å²) in [6.45, 7) is 3.54. The van der Waals surface area contributed by atoms with Crippen molar-refractivity contribution in [1.29, 1.82) is 0 Å². The second-order valence-corrected chi connectivity index (χ2v) is 5.71. The Morgan fingerprint density at radius 1 is 1.00 bits per heavy atom. The lowest BCUT2D eigenvalue weighted by Crippen LogP contribution is -2.16. The molecule has 0 atom stereocenters. The molecule has 3 rings (SSSR count). The van der Waals surface area contributed by atoms with Gasteiger partial charge >= 0.3 is 5.97 Å². The molecule has 4 heteroatoms. The SMILES string of the molecule is Cc1ccc(C(=O)COC(=O)c2ccc3ccccc3n2)c(C)c1. The number of ether oxygens (including phenoxy) is 1. The molecule has 0 unspecified atom stereocenters. The van der Waals surface area contributed by atoms with Crippen molar-refractivity contribution in [3.63, 3.8) is 0 Å². The molecule has 0 N–H and O–H groups in total. The van der Waals surface area contributed by atoms with Gasteiger partial charge in [-0.1, -0.05) is 48.0 Å². The maximum absolute atomic E-state index is 12.2. The third kappa shape index (κ3) is 3.33. The van der Waals surface area contributed by atoms with E-state index in [0.29, 0.717) is 11.1 Å². The predicted octanol–water partition coefficient (Wildman–Crippen LogP) is 3.89. The van der Waals surface area contributed by atoms with E-state index in [-0.39, 0.29) is 18.1 Å². The largest absolute Gasteiger partial charge is 0.453 e. The van der Waals surface area contributed by atoms with Crippen LogP contribution in [0.1, 0.15) is 32.0 Å². The van der Waals surface area contributed by atoms with E-state index in [1.54, 1.807) is 12.1 Å². The van der Waals surface area contributed by atoms with Gasteiger partial charge in [0.05, 0.1) is 5.52 Å². The molecule has 120 valence electrons. The second-order valence-electron chi connectivity index (χ2n) is 5.71. The standard InChI is InChI=1S/C20H17NO3/c1-13-7-9-16(14(2)11-13)19(22)12-24-20(23)18-10-8-15-5-3-4-6-17(15)21-18/h3-11H,12H2,1-2H3. The Morgan fingerprint density at radius 3 is 2.58 bits per heavy atom. The zero-order chi connectivity index (χ0) is 17.1. The fraction of sp³-hybridized carbons (Fsp3) is 0.150. The molecular weight excluding hydrogens is 302 g/mol. The minimum Gasteiger partial charge on any atom is -0.453 e. The fourth-order valence-corrected chi connectivity index (χ4v) is 2.59. The van der Waals surface area contributed by atoms with E-state index < -0.39 is 5.97 Å². The number of carbonyl (C=O) groups excluding carboxylic acids is 2. The molecule has 3 aromatic rings. The topological polar surface area (TPSA) is 56.3 Å². The maximum Gasteiger partial charge on any atom is 0.357 e. The van der Waals surface area contributed by atoms with Gasteiger partial charge < -0.3 is 4.74 Å². The highest BCUT2D eigenvalue weighted by Gasteiger charge is 2.14. The lowest BCUT2D eigenvalue weighted by atomic mass is 10.0. The summed E-state index contributed by atoms with van der Waals surface area (Å²) >= 11 is 0. The third-order valence-corrected chi connectivity index (χ3v) is 3.82. The Hall–Kier alpha value is -3.01. The van der Waals surface area contributed by atoms with Crippen molar-refractivity contribution in [1.82, 2.24) is 4.98 Å². The fourth-order valence-electron chi connectivity index (χ4n) is 2.59. The summed E-state index contributed by atoms with van der Waals surface area (Å²) in [5, 5.41) is 0.945. The summed E-state index contributed by atoms with van der Waals surface area (Å²) < 4.78 is 5.13. The predicted molar refractivity (Wildman–Crippen MR) is 92.3 cm³/mol. The number of hydrogen-bond acceptors (Lipinski definition) is 4. The molecule has 0 aliphatic heterocycles. The third-order valence-electron chi connectivity index (χ3n) is 3.82. The Morgan fingerprint density at radius 2 is 1.79 bits per heavy atom. The van der Waals surface area contributed by atoms with Gasteiger partial charge in [0.15, 0.2) is 6.61 Å². The summed E-state index contributed by atoms with van der Waals surface area (Å²) in [6, 6.07) is 16.5. The monoisotopic (exact) mass is 319 g/mol. The number of hydrogen-bond donors (Lipinski definition) is 0. The summed E-state index contributed by atoms with van der Waals surface area (Å²) in [7, 11) is 0. The van der Waals surface area contributed by atoms with Crippen molar-refractivity contribution in [3.05, 3.63) is 77.0 Å². The van der Waals surface area contributed by atoms with Gasteiger partial charge in [0, 0.05) is 10.9 Å². The van der Waals surface area contributed by atoms with Gasteiger partial charge in [-0.2, -0.15) is 0 Å². The molecule has 4 nitrogen and oxygen atoms in total. The molecule has 0 aliphatic carbocycles. The number of ketones is 1. The first-order valence-corrected chi connectivity index (χ1v) is 7.68. The van der Waals surface area contributed by atoms with Gasteiger partial charge in [-0.05, 0) is 31.5 Å². The molecule has 1 aromatic heterocycles. The Kier molecular flexibility index (Phi) is 4.38. The van der Waals surface area contributed by atoms with Gasteiger partial charge in [-0.15, -0.1) is 0 Å². The van der Waals surface area contributed by atoms with E-state index in [0.717, 1.165) is 16.5 Å². The van der Waals surface area contributed by atoms with Gasteiger partial charge in [-0.3, -0.25) is 4.79 Å². The van der Waals surface area contributed by atoms with Crippen LogP contribution in [-0.2, 0) is 4.74 Å². The van der Waals surface area contributed by atoms with Crippen LogP contribution in [0.2, 0.25) is 0 Å². The van der Waals surface area contributed by atoms with Gasteiger partial charge in [0.2, 0.25) is 5.78 Å². The van der Waals surface area contributed by atoms with Crippen molar-refractivity contribution in [3.8, 4) is 0 Å². The van der Waals surface area contributed by atoms with Crippen LogP contribution in [0.5, 0.6) is 0 Å². The average molecular weight is 319 g/mol. The van der Waals surface area contributed by atoms with Crippen LogP contribution in [0, 0.1) is 13.8 Å². The summed E-state index contributed by atoms with van der Waals surface area (Å²) in [4.78, 5) is 28.6. The van der Waals surface area contributed by atoms with Crippen LogP contribution in [0.4, 0.5) is 0 Å². The Balaban J connectivity index is 1.71. The number of para-hydroxylation sites is 1. The number of fused-ring (bicyclic) bond motifs is 1. The first-order valence-electron chi connectivity index (χ1n) is 7.68. The van der Waals surface area contributed by atoms with Crippen LogP contribution < -0.4 is 0 Å². The molecule has 0 radical (unpaired) electrons. The molecule has 0 spiro atoms. The summed E-state index contributed by atoms with van der Waals surface area (Å²) in [6.07, 6.45) is 0. The van der Waals surface area contributed by atoms with Crippen molar-refractivity contribution in [2.75, 3.05) is 6.61 Å². The minimum absolute atomic E-state index is 0.196. The summed E-state index contributed by atoms with van der Waals surface area (Å²) in [5.41, 5.74) is 3.44. The maximum atomic E-state index is 12.2. The lowest BCUT2D eigenvalue weighted by Gasteiger charge is -2.07. The number of aromatic nitrogens is 1. The van der Waals surface area contributed by atoms with Crippen molar-refractivity contribution < 1.29 is 14.3 Å². The number of nitrogens with zero attached hydrogens (tertiary/aromatic N) is 1. The van der Waals surface area contributed by atoms with E-state index in [1.165, 1.54) is 0 Å². The number of esters is 1. The molecule has 0 fully saturated rings. The van der Waals surface area contributed by atoms with Crippen LogP contribution in [0.25, 0.3) is 10.9 Å². The van der Waals surface area contributed by atoms with Crippen LogP contribution in [-0.4, -0.2) is 23.3 Å². The number of pyridine rings is 1. The van der Waals surface area contributed by atoms with Crippen molar-refractivity contribution in [2.24, 2.45) is 0 Å². The second kappa shape index (κ2) is 6.62. The average Bonchev–Trinajstić information content (AvgIpc) is 2.59. The van der Waals surface area contributed by atoms with E-state index in [1.807, 2.05) is 56.3 Å². The highest BCUT2D eigenvalue weighted by Crippen LogP contribution is 2.14. The number of carbonyl (C=O) groups is 2. The van der Waals surface area contributed by atoms with E-state index in [9.17, 15) is 9.59 Å². The normalized spacial score (nSPS) is 10.6. The Labute approximate surface area is 140 Å². The van der Waals surface area contributed by atoms with Crippen LogP contribution in [0.15, 0.2) is 54.6 Å². The molecule has 2 aromatic carbocycles. The van der Waals surface area contributed by atoms with Gasteiger partial charge in [-0.25, -0.2) is 9.78 Å². The van der Waals surface area contributed by atoms with Gasteiger partial charge in [0.1, 0.15) is 5.69 Å². The van der Waals surface area contributed by atoms with Crippen LogP contribution >= 0.6 is 0 Å². The molecule has 0 saturated carbocycles. The first kappa shape index (κ1) is 15.9. The molecule has 0 aliphatic rings. The molecular formula is C20H17NO3. The first-order chi connectivity index (χ1) is 11.5. The van der Waals surface area contributed by atoms with E-state index in [2.05, 4.69) is 4.98 Å². The van der Waals surface area contributed by atoms with Crippen molar-refractivity contribution >= 4 is 22.7 Å². The zero-order valence-electron chi connectivity index (χ0n) is 13.6. The molecule has 24 heavy (non-hydrogen) atoms. The lowest BCUT2D eigenvalue weighted by molar-refractivity contribution is 0.0469. The van der Waals surface area contributed by atoms with Crippen molar-refractivity contribution in [2.45, 2.75) is 13.8 Å². The quantitative estimate of drug-likeness (QED) is 0.541. The number of aryl methyl sites for hydroxylation is 2. The number of rotatable bonds is 4. The minimum atomic E-state index is -0.598. The molecule has 0 amide bonds. The highest BCUT2D eigenvalue weighted by atomic mass is 16.5. The van der Waals surface area contributed by atoms with E-state index in [4.69, 9.17) is 4.74 Å². The zero-order valence-corrected chi connectivity index (χ0v) is 13.6. The molecule has 0 bridgehead atoms.